The predicted octanol–water partition coefficient (Wildman–Crippen LogP) is 2.34. The number of rotatable bonds is 1. The van der Waals surface area contributed by atoms with Crippen LogP contribution in [0.2, 0.25) is 0 Å². The second kappa shape index (κ2) is 2.82. The molecule has 0 atom stereocenters. The molecule has 2 aromatic rings. The minimum absolute atomic E-state index is 0.0583. The molecule has 1 N–H and O–H groups in total. The Kier molecular flexibility index (Phi) is 1.66. The van der Waals surface area contributed by atoms with Crippen LogP contribution < -0.4 is 0 Å². The normalized spacial score (nSPS) is 10.2. The summed E-state index contributed by atoms with van der Waals surface area (Å²) in [6.07, 6.45) is 0. The van der Waals surface area contributed by atoms with Crippen molar-refractivity contribution in [2.24, 2.45) is 5.18 Å². The maximum atomic E-state index is 10.2. The highest BCUT2D eigenvalue weighted by molar-refractivity contribution is 5.85. The zero-order valence-electron chi connectivity index (χ0n) is 6.64. The number of fused-ring (bicyclic) bond motifs is 1. The molecule has 0 aliphatic heterocycles. The number of benzene rings is 1. The molecule has 0 fully saturated rings. The summed E-state index contributed by atoms with van der Waals surface area (Å²) in [6.45, 7) is 0. The maximum Gasteiger partial charge on any atom is 0.197 e. The lowest BCUT2D eigenvalue weighted by Crippen LogP contribution is -1.78. The van der Waals surface area contributed by atoms with Crippen molar-refractivity contribution in [2.75, 3.05) is 0 Å². The lowest BCUT2D eigenvalue weighted by Gasteiger charge is -1.98. The van der Waals surface area contributed by atoms with Crippen molar-refractivity contribution in [1.29, 1.82) is 0 Å². The summed E-state index contributed by atoms with van der Waals surface area (Å²) in [7, 11) is 0. The number of aromatic nitrogens is 1. The van der Waals surface area contributed by atoms with Gasteiger partial charge in [-0.1, -0.05) is 12.1 Å². The molecular formula is C9H6N2O2. The highest BCUT2D eigenvalue weighted by atomic mass is 16.3. The fourth-order valence-electron chi connectivity index (χ4n) is 1.17. The Bertz CT molecular complexity index is 468. The van der Waals surface area contributed by atoms with E-state index in [2.05, 4.69) is 10.2 Å². The molecule has 0 radical (unpaired) electrons. The van der Waals surface area contributed by atoms with Crippen LogP contribution in [0.4, 0.5) is 5.82 Å². The van der Waals surface area contributed by atoms with E-state index in [1.807, 2.05) is 0 Å². The molecule has 0 amide bonds. The van der Waals surface area contributed by atoms with Crippen LogP contribution in [-0.2, 0) is 0 Å². The van der Waals surface area contributed by atoms with E-state index in [0.29, 0.717) is 5.52 Å². The van der Waals surface area contributed by atoms with Crippen molar-refractivity contribution in [3.8, 4) is 5.75 Å². The van der Waals surface area contributed by atoms with Crippen molar-refractivity contribution in [3.63, 3.8) is 0 Å². The molecule has 0 aliphatic carbocycles. The van der Waals surface area contributed by atoms with Gasteiger partial charge in [0.15, 0.2) is 5.82 Å². The van der Waals surface area contributed by atoms with E-state index in [1.165, 1.54) is 12.1 Å². The van der Waals surface area contributed by atoms with Gasteiger partial charge in [-0.2, -0.15) is 0 Å². The molecule has 13 heavy (non-hydrogen) atoms. The lowest BCUT2D eigenvalue weighted by atomic mass is 10.2. The fraction of sp³-hybridized carbons (Fsp3) is 0. The van der Waals surface area contributed by atoms with Crippen LogP contribution >= 0.6 is 0 Å². The van der Waals surface area contributed by atoms with Crippen LogP contribution in [0.25, 0.3) is 10.9 Å². The van der Waals surface area contributed by atoms with Gasteiger partial charge < -0.3 is 5.11 Å². The van der Waals surface area contributed by atoms with Crippen LogP contribution in [0.5, 0.6) is 5.75 Å². The van der Waals surface area contributed by atoms with Crippen molar-refractivity contribution >= 4 is 16.7 Å². The van der Waals surface area contributed by atoms with Gasteiger partial charge >= 0.3 is 0 Å². The van der Waals surface area contributed by atoms with Crippen molar-refractivity contribution in [2.45, 2.75) is 0 Å². The summed E-state index contributed by atoms with van der Waals surface area (Å²) in [5.74, 6) is 0.136. The molecule has 0 bridgehead atoms. The summed E-state index contributed by atoms with van der Waals surface area (Å²) in [4.78, 5) is 14.0. The van der Waals surface area contributed by atoms with Gasteiger partial charge in [0.1, 0.15) is 11.3 Å². The molecular weight excluding hydrogens is 168 g/mol. The first kappa shape index (κ1) is 7.67. The van der Waals surface area contributed by atoms with E-state index >= 15 is 0 Å². The van der Waals surface area contributed by atoms with Crippen LogP contribution in [0.1, 0.15) is 0 Å². The smallest absolute Gasteiger partial charge is 0.197 e. The highest BCUT2D eigenvalue weighted by Crippen LogP contribution is 2.24. The van der Waals surface area contributed by atoms with E-state index in [-0.39, 0.29) is 11.6 Å². The number of pyridine rings is 1. The van der Waals surface area contributed by atoms with Gasteiger partial charge in [0, 0.05) is 5.39 Å². The SMILES string of the molecule is O=Nc1ccc2cccc(O)c2n1. The van der Waals surface area contributed by atoms with Gasteiger partial charge in [0.2, 0.25) is 0 Å². The van der Waals surface area contributed by atoms with Gasteiger partial charge in [-0.05, 0) is 23.4 Å². The zero-order chi connectivity index (χ0) is 9.26. The third kappa shape index (κ3) is 1.22. The number of hydrogen-bond acceptors (Lipinski definition) is 4. The Labute approximate surface area is 73.8 Å². The van der Waals surface area contributed by atoms with Gasteiger partial charge in [-0.3, -0.25) is 0 Å². The summed E-state index contributed by atoms with van der Waals surface area (Å²) in [5.41, 5.74) is 0.402. The number of nitroso groups, excluding NO2 is 1. The van der Waals surface area contributed by atoms with Crippen LogP contribution in [0.3, 0.4) is 0 Å². The Balaban J connectivity index is 2.81. The predicted molar refractivity (Wildman–Crippen MR) is 48.9 cm³/mol. The number of phenols is 1. The number of phenolic OH excluding ortho intramolecular Hbond substituents is 1. The summed E-state index contributed by atoms with van der Waals surface area (Å²) < 4.78 is 0. The van der Waals surface area contributed by atoms with E-state index in [4.69, 9.17) is 0 Å². The molecule has 64 valence electrons. The van der Waals surface area contributed by atoms with E-state index in [9.17, 15) is 10.0 Å². The third-order valence-corrected chi connectivity index (χ3v) is 1.78. The van der Waals surface area contributed by atoms with Gasteiger partial charge in [-0.15, -0.1) is 4.91 Å². The minimum atomic E-state index is 0.0583. The van der Waals surface area contributed by atoms with E-state index in [0.717, 1.165) is 5.39 Å². The quantitative estimate of drug-likeness (QED) is 0.675. The second-order valence-corrected chi connectivity index (χ2v) is 2.61. The van der Waals surface area contributed by atoms with Gasteiger partial charge in [0.05, 0.1) is 0 Å². The molecule has 1 aromatic heterocycles. The van der Waals surface area contributed by atoms with Gasteiger partial charge in [0.25, 0.3) is 0 Å². The largest absolute Gasteiger partial charge is 0.506 e. The summed E-state index contributed by atoms with van der Waals surface area (Å²) in [6, 6.07) is 8.24. The number of nitrogens with zero attached hydrogens (tertiary/aromatic N) is 2. The Morgan fingerprint density at radius 1 is 1.23 bits per heavy atom. The number of aromatic hydroxyl groups is 1. The Hall–Kier alpha value is -1.97. The third-order valence-electron chi connectivity index (χ3n) is 1.78. The molecule has 0 aliphatic rings. The molecule has 2 rings (SSSR count). The molecule has 4 nitrogen and oxygen atoms in total. The van der Waals surface area contributed by atoms with Crippen LogP contribution in [-0.4, -0.2) is 10.1 Å². The molecule has 4 heteroatoms. The molecule has 0 saturated heterocycles. The second-order valence-electron chi connectivity index (χ2n) is 2.61. The molecule has 1 aromatic carbocycles. The fourth-order valence-corrected chi connectivity index (χ4v) is 1.17. The number of hydrogen-bond donors (Lipinski definition) is 1. The first-order valence-corrected chi connectivity index (χ1v) is 3.73. The molecule has 0 saturated carbocycles. The average Bonchev–Trinajstić information content (AvgIpc) is 2.18. The summed E-state index contributed by atoms with van der Waals surface area (Å²) >= 11 is 0. The van der Waals surface area contributed by atoms with Crippen LogP contribution in [0, 0.1) is 4.91 Å². The Morgan fingerprint density at radius 3 is 2.85 bits per heavy atom. The highest BCUT2D eigenvalue weighted by Gasteiger charge is 2.01. The average molecular weight is 174 g/mol. The topological polar surface area (TPSA) is 62.5 Å². The van der Waals surface area contributed by atoms with Crippen molar-refractivity contribution < 1.29 is 5.11 Å². The minimum Gasteiger partial charge on any atom is -0.506 e. The molecule has 0 spiro atoms. The van der Waals surface area contributed by atoms with E-state index < -0.39 is 0 Å². The monoisotopic (exact) mass is 174 g/mol. The first-order valence-electron chi connectivity index (χ1n) is 3.73. The first-order chi connectivity index (χ1) is 6.31. The lowest BCUT2D eigenvalue weighted by molar-refractivity contribution is 0.480. The number of para-hydroxylation sites is 1. The standard InChI is InChI=1S/C9H6N2O2/c12-7-3-1-2-6-4-5-8(11-13)10-9(6)7/h1-5,12H. The Morgan fingerprint density at radius 2 is 2.08 bits per heavy atom. The summed E-state index contributed by atoms with van der Waals surface area (Å²) in [5, 5.41) is 12.9. The zero-order valence-corrected chi connectivity index (χ0v) is 6.64. The van der Waals surface area contributed by atoms with Crippen molar-refractivity contribution in [3.05, 3.63) is 35.2 Å². The van der Waals surface area contributed by atoms with Gasteiger partial charge in [-0.25, -0.2) is 4.98 Å². The molecule has 1 heterocycles. The van der Waals surface area contributed by atoms with Crippen LogP contribution in [0.15, 0.2) is 35.5 Å². The van der Waals surface area contributed by atoms with Crippen molar-refractivity contribution in [1.82, 2.24) is 4.98 Å². The van der Waals surface area contributed by atoms with E-state index in [1.54, 1.807) is 18.2 Å². The molecule has 0 unspecified atom stereocenters. The maximum absolute atomic E-state index is 10.2.